The molecule has 0 aromatic carbocycles. The van der Waals surface area contributed by atoms with Crippen molar-refractivity contribution in [2.75, 3.05) is 0 Å². The van der Waals surface area contributed by atoms with Crippen LogP contribution in [0.25, 0.3) is 0 Å². The van der Waals surface area contributed by atoms with Crippen LogP contribution in [0, 0.1) is 5.82 Å². The smallest absolute Gasteiger partial charge is 0.283 e. The molecule has 0 spiro atoms. The van der Waals surface area contributed by atoms with Gasteiger partial charge in [0.05, 0.1) is 5.56 Å². The van der Waals surface area contributed by atoms with Crippen LogP contribution in [0.3, 0.4) is 0 Å². The van der Waals surface area contributed by atoms with Gasteiger partial charge in [0.2, 0.25) is 0 Å². The van der Waals surface area contributed by atoms with Gasteiger partial charge in [0.1, 0.15) is 10.8 Å². The minimum Gasteiger partial charge on any atom is -0.366 e. The number of rotatable bonds is 2. The minimum atomic E-state index is -3.15. The summed E-state index contributed by atoms with van der Waals surface area (Å²) >= 11 is 5.29. The first kappa shape index (κ1) is 10.8. The van der Waals surface area contributed by atoms with Gasteiger partial charge in [-0.1, -0.05) is 11.6 Å². The van der Waals surface area contributed by atoms with E-state index in [1.54, 1.807) is 0 Å². The third-order valence-corrected chi connectivity index (χ3v) is 1.62. The maximum absolute atomic E-state index is 13.1. The lowest BCUT2D eigenvalue weighted by atomic mass is 10.2. The summed E-state index contributed by atoms with van der Waals surface area (Å²) in [6.45, 7) is 0. The number of nitrogens with zero attached hydrogens (tertiary/aromatic N) is 1. The topological polar surface area (TPSA) is 56.0 Å². The zero-order valence-corrected chi connectivity index (χ0v) is 7.36. The average Bonchev–Trinajstić information content (AvgIpc) is 2.07. The quantitative estimate of drug-likeness (QED) is 0.780. The number of amides is 1. The van der Waals surface area contributed by atoms with E-state index in [2.05, 4.69) is 4.98 Å². The molecule has 1 aromatic rings. The number of pyridine rings is 1. The normalized spacial score (nSPS) is 10.6. The molecule has 0 bridgehead atoms. The van der Waals surface area contributed by atoms with Crippen molar-refractivity contribution in [3.05, 3.63) is 28.3 Å². The molecule has 0 fully saturated rings. The highest BCUT2D eigenvalue weighted by molar-refractivity contribution is 6.29. The number of primary amides is 1. The van der Waals surface area contributed by atoms with Crippen LogP contribution in [0.1, 0.15) is 22.5 Å². The van der Waals surface area contributed by atoms with E-state index in [0.717, 1.165) is 6.07 Å². The van der Waals surface area contributed by atoms with Crippen LogP contribution < -0.4 is 5.73 Å². The number of aromatic nitrogens is 1. The van der Waals surface area contributed by atoms with E-state index >= 15 is 0 Å². The zero-order chi connectivity index (χ0) is 10.9. The second-order valence-corrected chi connectivity index (χ2v) is 2.74. The number of nitrogens with two attached hydrogens (primary N) is 1. The largest absolute Gasteiger partial charge is 0.366 e. The SMILES string of the molecule is NC(=O)c1cc(Cl)nc(C(F)F)c1F. The predicted molar refractivity (Wildman–Crippen MR) is 42.7 cm³/mol. The lowest BCUT2D eigenvalue weighted by molar-refractivity contribution is 0.0993. The van der Waals surface area contributed by atoms with Gasteiger partial charge < -0.3 is 5.73 Å². The zero-order valence-electron chi connectivity index (χ0n) is 6.60. The van der Waals surface area contributed by atoms with Gasteiger partial charge in [0.15, 0.2) is 5.82 Å². The fourth-order valence-corrected chi connectivity index (χ4v) is 1.04. The Balaban J connectivity index is 3.40. The molecule has 2 N–H and O–H groups in total. The van der Waals surface area contributed by atoms with E-state index < -0.39 is 34.6 Å². The molecule has 7 heteroatoms. The maximum atomic E-state index is 13.1. The second kappa shape index (κ2) is 3.83. The minimum absolute atomic E-state index is 0.407. The molecular weight excluding hydrogens is 221 g/mol. The molecule has 0 atom stereocenters. The third-order valence-electron chi connectivity index (χ3n) is 1.42. The Labute approximate surface area is 81.7 Å². The van der Waals surface area contributed by atoms with Gasteiger partial charge in [0.25, 0.3) is 12.3 Å². The van der Waals surface area contributed by atoms with Crippen LogP contribution in [-0.4, -0.2) is 10.9 Å². The Kier molecular flexibility index (Phi) is 2.95. The number of carbonyl (C=O) groups is 1. The summed E-state index contributed by atoms with van der Waals surface area (Å²) in [4.78, 5) is 13.6. The first-order valence-electron chi connectivity index (χ1n) is 3.37. The Morgan fingerprint density at radius 1 is 1.57 bits per heavy atom. The predicted octanol–water partition coefficient (Wildman–Crippen LogP) is 1.91. The summed E-state index contributed by atoms with van der Waals surface area (Å²) in [5, 5.41) is -0.407. The molecule has 76 valence electrons. The fourth-order valence-electron chi connectivity index (χ4n) is 0.841. The van der Waals surface area contributed by atoms with Crippen molar-refractivity contribution < 1.29 is 18.0 Å². The van der Waals surface area contributed by atoms with Gasteiger partial charge in [-0.15, -0.1) is 0 Å². The molecule has 1 amide bonds. The number of hydrogen-bond acceptors (Lipinski definition) is 2. The summed E-state index contributed by atoms with van der Waals surface area (Å²) in [7, 11) is 0. The van der Waals surface area contributed by atoms with Crippen molar-refractivity contribution in [1.82, 2.24) is 4.98 Å². The van der Waals surface area contributed by atoms with E-state index in [4.69, 9.17) is 17.3 Å². The Morgan fingerprint density at radius 2 is 2.14 bits per heavy atom. The third kappa shape index (κ3) is 1.95. The molecule has 14 heavy (non-hydrogen) atoms. The average molecular weight is 225 g/mol. The van der Waals surface area contributed by atoms with Crippen molar-refractivity contribution in [2.45, 2.75) is 6.43 Å². The van der Waals surface area contributed by atoms with Gasteiger partial charge in [0, 0.05) is 0 Å². The fraction of sp³-hybridized carbons (Fsp3) is 0.143. The highest BCUT2D eigenvalue weighted by Crippen LogP contribution is 2.24. The molecular formula is C7H4ClF3N2O. The van der Waals surface area contributed by atoms with E-state index in [9.17, 15) is 18.0 Å². The van der Waals surface area contributed by atoms with Crippen molar-refractivity contribution in [2.24, 2.45) is 5.73 Å². The summed E-state index contributed by atoms with van der Waals surface area (Å²) in [6, 6.07) is 0.797. The van der Waals surface area contributed by atoms with Crippen LogP contribution in [0.2, 0.25) is 5.15 Å². The molecule has 1 rings (SSSR count). The summed E-state index contributed by atoms with van der Waals surface area (Å²) in [6.07, 6.45) is -3.15. The van der Waals surface area contributed by atoms with Crippen LogP contribution in [-0.2, 0) is 0 Å². The van der Waals surface area contributed by atoms with Gasteiger partial charge >= 0.3 is 0 Å². The van der Waals surface area contributed by atoms with Crippen LogP contribution in [0.4, 0.5) is 13.2 Å². The number of hydrogen-bond donors (Lipinski definition) is 1. The molecule has 0 aliphatic heterocycles. The second-order valence-electron chi connectivity index (χ2n) is 2.36. The first-order valence-corrected chi connectivity index (χ1v) is 3.75. The summed E-state index contributed by atoms with van der Waals surface area (Å²) < 4.78 is 37.3. The molecule has 0 aliphatic carbocycles. The van der Waals surface area contributed by atoms with E-state index in [1.165, 1.54) is 0 Å². The van der Waals surface area contributed by atoms with Crippen LogP contribution >= 0.6 is 11.6 Å². The molecule has 0 unspecified atom stereocenters. The van der Waals surface area contributed by atoms with Crippen molar-refractivity contribution >= 4 is 17.5 Å². The Hall–Kier alpha value is -1.30. The van der Waals surface area contributed by atoms with Crippen LogP contribution in [0.15, 0.2) is 6.07 Å². The highest BCUT2D eigenvalue weighted by atomic mass is 35.5. The summed E-state index contributed by atoms with van der Waals surface area (Å²) in [5.41, 5.74) is 2.87. The first-order chi connectivity index (χ1) is 6.43. The molecule has 1 aromatic heterocycles. The number of carbonyl (C=O) groups excluding carboxylic acids is 1. The highest BCUT2D eigenvalue weighted by Gasteiger charge is 2.21. The van der Waals surface area contributed by atoms with Gasteiger partial charge in [-0.05, 0) is 6.07 Å². The summed E-state index contributed by atoms with van der Waals surface area (Å²) in [5.74, 6) is -2.61. The molecule has 0 radical (unpaired) electrons. The Morgan fingerprint density at radius 3 is 2.57 bits per heavy atom. The van der Waals surface area contributed by atoms with Gasteiger partial charge in [-0.2, -0.15) is 0 Å². The van der Waals surface area contributed by atoms with Crippen molar-refractivity contribution in [3.8, 4) is 0 Å². The van der Waals surface area contributed by atoms with Gasteiger partial charge in [-0.25, -0.2) is 18.2 Å². The van der Waals surface area contributed by atoms with E-state index in [0.29, 0.717) is 0 Å². The molecule has 0 saturated carbocycles. The molecule has 3 nitrogen and oxygen atoms in total. The van der Waals surface area contributed by atoms with Crippen LogP contribution in [0.5, 0.6) is 0 Å². The molecule has 0 aliphatic rings. The number of alkyl halides is 2. The molecule has 1 heterocycles. The van der Waals surface area contributed by atoms with E-state index in [1.807, 2.05) is 0 Å². The lowest BCUT2D eigenvalue weighted by Gasteiger charge is -2.04. The molecule has 0 saturated heterocycles. The standard InChI is InChI=1S/C7H4ClF3N2O/c8-3-1-2(7(12)14)4(9)5(13-3)6(10)11/h1,6H,(H2,12,14). The van der Waals surface area contributed by atoms with Gasteiger partial charge in [-0.3, -0.25) is 4.79 Å². The van der Waals surface area contributed by atoms with Crippen molar-refractivity contribution in [3.63, 3.8) is 0 Å². The Bertz CT molecular complexity index is 383. The maximum Gasteiger partial charge on any atom is 0.283 e. The van der Waals surface area contributed by atoms with E-state index in [-0.39, 0.29) is 0 Å². The monoisotopic (exact) mass is 224 g/mol. The lowest BCUT2D eigenvalue weighted by Crippen LogP contribution is -2.15. The number of halogens is 4. The van der Waals surface area contributed by atoms with Crippen molar-refractivity contribution in [1.29, 1.82) is 0 Å².